The second-order valence-corrected chi connectivity index (χ2v) is 8.24. The Bertz CT molecular complexity index is 769. The van der Waals surface area contributed by atoms with Crippen LogP contribution in [0, 0.1) is 13.8 Å². The zero-order valence-corrected chi connectivity index (χ0v) is 15.8. The molecule has 0 amide bonds. The maximum atomic E-state index is 12.5. The molecule has 4 nitrogen and oxygen atoms in total. The second kappa shape index (κ2) is 6.24. The van der Waals surface area contributed by atoms with Gasteiger partial charge in [0.15, 0.2) is 0 Å². The van der Waals surface area contributed by atoms with Crippen LogP contribution in [0.1, 0.15) is 30.0 Å². The van der Waals surface area contributed by atoms with Crippen LogP contribution in [0.2, 0.25) is 0 Å². The molecule has 7 heteroatoms. The Hall–Kier alpha value is -0.630. The molecule has 1 aromatic carbocycles. The average Bonchev–Trinajstić information content (AvgIpc) is 2.67. The first-order valence-electron chi connectivity index (χ1n) is 6.25. The highest BCUT2D eigenvalue weighted by Crippen LogP contribution is 2.28. The van der Waals surface area contributed by atoms with Crippen molar-refractivity contribution in [2.45, 2.75) is 31.7 Å². The van der Waals surface area contributed by atoms with E-state index in [2.05, 4.69) is 36.6 Å². The summed E-state index contributed by atoms with van der Waals surface area (Å²) in [4.78, 5) is 0.204. The smallest absolute Gasteiger partial charge is 0.242 e. The molecular formula is C14H15Br2NO3S. The molecule has 0 fully saturated rings. The Balaban J connectivity index is 2.31. The van der Waals surface area contributed by atoms with Gasteiger partial charge >= 0.3 is 0 Å². The summed E-state index contributed by atoms with van der Waals surface area (Å²) < 4.78 is 34.4. The van der Waals surface area contributed by atoms with Gasteiger partial charge in [-0.25, -0.2) is 13.1 Å². The van der Waals surface area contributed by atoms with Gasteiger partial charge in [0, 0.05) is 20.6 Å². The molecule has 2 rings (SSSR count). The van der Waals surface area contributed by atoms with E-state index in [1.165, 1.54) is 0 Å². The van der Waals surface area contributed by atoms with Crippen LogP contribution in [0.3, 0.4) is 0 Å². The number of furan rings is 1. The van der Waals surface area contributed by atoms with Crippen LogP contribution in [-0.4, -0.2) is 8.42 Å². The van der Waals surface area contributed by atoms with Gasteiger partial charge in [-0.2, -0.15) is 0 Å². The standard InChI is InChI=1S/C14H15Br2NO3S/c1-8-6-12(10(3)20-8)9(2)17-21(18,19)14-5-4-11(15)7-13(14)16/h4-7,9,17H,1-3H3. The summed E-state index contributed by atoms with van der Waals surface area (Å²) in [5.41, 5.74) is 0.837. The molecule has 1 aromatic heterocycles. The van der Waals surface area contributed by atoms with Crippen molar-refractivity contribution in [1.82, 2.24) is 4.72 Å². The van der Waals surface area contributed by atoms with E-state index in [0.717, 1.165) is 21.6 Å². The first-order valence-corrected chi connectivity index (χ1v) is 9.32. The first-order chi connectivity index (χ1) is 9.70. The van der Waals surface area contributed by atoms with Crippen LogP contribution >= 0.6 is 31.9 Å². The van der Waals surface area contributed by atoms with Crippen molar-refractivity contribution in [2.75, 3.05) is 0 Å². The molecular weight excluding hydrogens is 422 g/mol. The van der Waals surface area contributed by atoms with E-state index in [0.29, 0.717) is 4.47 Å². The van der Waals surface area contributed by atoms with Gasteiger partial charge in [-0.15, -0.1) is 0 Å². The molecule has 1 unspecified atom stereocenters. The average molecular weight is 437 g/mol. The SMILES string of the molecule is Cc1cc(C(C)NS(=O)(=O)c2ccc(Br)cc2Br)c(C)o1. The van der Waals surface area contributed by atoms with Crippen LogP contribution < -0.4 is 4.72 Å². The highest BCUT2D eigenvalue weighted by molar-refractivity contribution is 9.11. The lowest BCUT2D eigenvalue weighted by atomic mass is 10.1. The molecule has 0 aliphatic rings. The lowest BCUT2D eigenvalue weighted by molar-refractivity contribution is 0.496. The number of aryl methyl sites for hydroxylation is 2. The molecule has 0 radical (unpaired) electrons. The van der Waals surface area contributed by atoms with Gasteiger partial charge < -0.3 is 4.42 Å². The Kier molecular flexibility index (Phi) is 4.97. The van der Waals surface area contributed by atoms with Gasteiger partial charge in [-0.1, -0.05) is 15.9 Å². The van der Waals surface area contributed by atoms with Crippen LogP contribution in [0.15, 0.2) is 42.5 Å². The summed E-state index contributed by atoms with van der Waals surface area (Å²) in [7, 11) is -3.62. The predicted molar refractivity (Wildman–Crippen MR) is 88.8 cm³/mol. The number of benzene rings is 1. The van der Waals surface area contributed by atoms with E-state index < -0.39 is 10.0 Å². The lowest BCUT2D eigenvalue weighted by Crippen LogP contribution is -2.27. The van der Waals surface area contributed by atoms with E-state index in [1.807, 2.05) is 19.9 Å². The third kappa shape index (κ3) is 3.77. The van der Waals surface area contributed by atoms with Gasteiger partial charge in [0.1, 0.15) is 11.5 Å². The zero-order valence-electron chi connectivity index (χ0n) is 11.8. The van der Waals surface area contributed by atoms with Crippen molar-refractivity contribution in [3.63, 3.8) is 0 Å². The Morgan fingerprint density at radius 2 is 1.86 bits per heavy atom. The number of nitrogens with one attached hydrogen (secondary N) is 1. The largest absolute Gasteiger partial charge is 0.466 e. The number of hydrogen-bond acceptors (Lipinski definition) is 3. The van der Waals surface area contributed by atoms with E-state index in [1.54, 1.807) is 25.1 Å². The summed E-state index contributed by atoms with van der Waals surface area (Å²) in [6.45, 7) is 5.45. The topological polar surface area (TPSA) is 59.3 Å². The van der Waals surface area contributed by atoms with Crippen LogP contribution in [0.25, 0.3) is 0 Å². The van der Waals surface area contributed by atoms with Gasteiger partial charge in [0.2, 0.25) is 10.0 Å². The van der Waals surface area contributed by atoms with Crippen molar-refractivity contribution >= 4 is 41.9 Å². The Morgan fingerprint density at radius 3 is 2.38 bits per heavy atom. The van der Waals surface area contributed by atoms with E-state index in [4.69, 9.17) is 4.42 Å². The summed E-state index contributed by atoms with van der Waals surface area (Å²) in [6, 6.07) is 6.42. The summed E-state index contributed by atoms with van der Waals surface area (Å²) in [5, 5.41) is 0. The van der Waals surface area contributed by atoms with Crippen molar-refractivity contribution in [3.8, 4) is 0 Å². The number of sulfonamides is 1. The molecule has 1 N–H and O–H groups in total. The van der Waals surface area contributed by atoms with E-state index in [-0.39, 0.29) is 10.9 Å². The van der Waals surface area contributed by atoms with E-state index in [9.17, 15) is 8.42 Å². The van der Waals surface area contributed by atoms with Gasteiger partial charge in [0.25, 0.3) is 0 Å². The first kappa shape index (κ1) is 16.7. The molecule has 21 heavy (non-hydrogen) atoms. The molecule has 1 heterocycles. The van der Waals surface area contributed by atoms with Crippen LogP contribution in [-0.2, 0) is 10.0 Å². The number of halogens is 2. The molecule has 2 aromatic rings. The minimum Gasteiger partial charge on any atom is -0.466 e. The Labute approximate surface area is 141 Å². The van der Waals surface area contributed by atoms with E-state index >= 15 is 0 Å². The third-order valence-electron chi connectivity index (χ3n) is 3.06. The predicted octanol–water partition coefficient (Wildman–Crippen LogP) is 4.46. The number of hydrogen-bond donors (Lipinski definition) is 1. The molecule has 0 spiro atoms. The highest BCUT2D eigenvalue weighted by Gasteiger charge is 2.23. The lowest BCUT2D eigenvalue weighted by Gasteiger charge is -2.14. The van der Waals surface area contributed by atoms with Crippen molar-refractivity contribution in [1.29, 1.82) is 0 Å². The fourth-order valence-corrected chi connectivity index (χ4v) is 5.10. The van der Waals surface area contributed by atoms with Crippen molar-refractivity contribution in [2.24, 2.45) is 0 Å². The van der Waals surface area contributed by atoms with Crippen molar-refractivity contribution in [3.05, 3.63) is 50.3 Å². The normalized spacial score (nSPS) is 13.4. The van der Waals surface area contributed by atoms with Gasteiger partial charge in [-0.3, -0.25) is 0 Å². The molecule has 0 saturated carbocycles. The number of rotatable bonds is 4. The van der Waals surface area contributed by atoms with Gasteiger partial charge in [0.05, 0.1) is 4.90 Å². The molecule has 0 bridgehead atoms. The Morgan fingerprint density at radius 1 is 1.19 bits per heavy atom. The summed E-state index contributed by atoms with van der Waals surface area (Å²) >= 11 is 6.59. The summed E-state index contributed by atoms with van der Waals surface area (Å²) in [5.74, 6) is 1.48. The molecule has 0 aliphatic carbocycles. The molecule has 114 valence electrons. The van der Waals surface area contributed by atoms with Crippen molar-refractivity contribution < 1.29 is 12.8 Å². The van der Waals surface area contributed by atoms with Crippen LogP contribution in [0.4, 0.5) is 0 Å². The summed E-state index contributed by atoms with van der Waals surface area (Å²) in [6.07, 6.45) is 0. The zero-order chi connectivity index (χ0) is 15.8. The third-order valence-corrected chi connectivity index (χ3v) is 6.07. The second-order valence-electron chi connectivity index (χ2n) is 4.79. The maximum Gasteiger partial charge on any atom is 0.242 e. The fraction of sp³-hybridized carbons (Fsp3) is 0.286. The fourth-order valence-electron chi connectivity index (χ4n) is 2.13. The monoisotopic (exact) mass is 435 g/mol. The molecule has 1 atom stereocenters. The van der Waals surface area contributed by atoms with Crippen LogP contribution in [0.5, 0.6) is 0 Å². The van der Waals surface area contributed by atoms with Gasteiger partial charge in [-0.05, 0) is 61.0 Å². The quantitative estimate of drug-likeness (QED) is 0.769. The minimum atomic E-state index is -3.62. The highest BCUT2D eigenvalue weighted by atomic mass is 79.9. The maximum absolute atomic E-state index is 12.5. The molecule has 0 aliphatic heterocycles. The minimum absolute atomic E-state index is 0.204. The molecule has 0 saturated heterocycles.